The second-order valence-corrected chi connectivity index (χ2v) is 21.5. The number of rotatable bonds is 28. The lowest BCUT2D eigenvalue weighted by molar-refractivity contribution is -0.239. The average molecular weight is 1150 g/mol. The summed E-state index contributed by atoms with van der Waals surface area (Å²) in [6.45, 7) is 8.07. The molecule has 420 valence electrons. The van der Waals surface area contributed by atoms with E-state index in [1.807, 2.05) is 46.0 Å². The van der Waals surface area contributed by atoms with Gasteiger partial charge in [0.1, 0.15) is 48.2 Å². The summed E-state index contributed by atoms with van der Waals surface area (Å²) in [7, 11) is -5.22. The number of hydrogen-bond acceptors (Lipinski definition) is 24. The first-order valence-corrected chi connectivity index (χ1v) is 27.6. The first kappa shape index (κ1) is 57.1. The SMILES string of the molecule is CC1(C)[C@H](NC(=O)/C(=N\OCCOc2ccc(-c3cnn(CCCN)c3)cc2)c2csc(N)n2)C(=O)N1OS(=O)(=O)ON1C(=O)[C@@H](NC(=O)/C(=N\OCCOc2ccc(-c3cnn(CCCN)c3)cc2)c2csc(N)n2)C1(C)C. The number of amides is 4. The van der Waals surface area contributed by atoms with E-state index in [9.17, 15) is 27.6 Å². The molecule has 4 aromatic heterocycles. The summed E-state index contributed by atoms with van der Waals surface area (Å²) in [4.78, 5) is 73.4. The van der Waals surface area contributed by atoms with Gasteiger partial charge in [0.15, 0.2) is 34.9 Å². The van der Waals surface area contributed by atoms with Crippen molar-refractivity contribution in [1.82, 2.24) is 50.3 Å². The molecule has 28 nitrogen and oxygen atoms in total. The highest BCUT2D eigenvalue weighted by molar-refractivity contribution is 7.81. The number of carbonyl (C=O) groups is 4. The minimum absolute atomic E-state index is 0.0382. The molecular weight excluding hydrogens is 1090 g/mol. The molecule has 4 amide bonds. The van der Waals surface area contributed by atoms with Crippen molar-refractivity contribution in [2.24, 2.45) is 21.8 Å². The van der Waals surface area contributed by atoms with Crippen LogP contribution in [0.1, 0.15) is 51.9 Å². The van der Waals surface area contributed by atoms with Crippen LogP contribution in [0.2, 0.25) is 0 Å². The van der Waals surface area contributed by atoms with Gasteiger partial charge in [0.05, 0.1) is 23.5 Å². The average Bonchev–Trinajstić information content (AvgIpc) is 4.40. The van der Waals surface area contributed by atoms with Gasteiger partial charge in [-0.2, -0.15) is 28.7 Å². The minimum Gasteiger partial charge on any atom is -0.490 e. The number of anilines is 2. The Hall–Kier alpha value is -8.07. The largest absolute Gasteiger partial charge is 0.490 e. The van der Waals surface area contributed by atoms with Crippen LogP contribution in [0.3, 0.4) is 0 Å². The van der Waals surface area contributed by atoms with Crippen LogP contribution in [0.15, 0.2) is 94.4 Å². The number of hydrogen-bond donors (Lipinski definition) is 6. The second kappa shape index (κ2) is 24.7. The van der Waals surface area contributed by atoms with Crippen molar-refractivity contribution < 1.29 is 55.3 Å². The predicted molar refractivity (Wildman–Crippen MR) is 288 cm³/mol. The Morgan fingerprint density at radius 2 is 1.03 bits per heavy atom. The zero-order chi connectivity index (χ0) is 56.5. The fourth-order valence-electron chi connectivity index (χ4n) is 7.93. The fourth-order valence-corrected chi connectivity index (χ4v) is 9.94. The number of nitrogens with one attached hydrogen (secondary N) is 2. The lowest BCUT2D eigenvalue weighted by atomic mass is 9.84. The molecular formula is C48H58N16O12S3. The maximum Gasteiger partial charge on any atom is 0.442 e. The summed E-state index contributed by atoms with van der Waals surface area (Å²) in [5, 5.41) is 25.8. The molecule has 0 bridgehead atoms. The van der Waals surface area contributed by atoms with Crippen molar-refractivity contribution in [2.75, 3.05) is 51.0 Å². The van der Waals surface area contributed by atoms with Crippen LogP contribution in [0.4, 0.5) is 10.3 Å². The molecule has 79 heavy (non-hydrogen) atoms. The quantitative estimate of drug-likeness (QED) is 0.0176. The smallest absolute Gasteiger partial charge is 0.442 e. The third-order valence-electron chi connectivity index (χ3n) is 12.2. The highest BCUT2D eigenvalue weighted by Crippen LogP contribution is 2.37. The summed E-state index contributed by atoms with van der Waals surface area (Å²) >= 11 is 2.06. The number of ether oxygens (including phenoxy) is 2. The molecule has 2 aliphatic rings. The van der Waals surface area contributed by atoms with Gasteiger partial charge < -0.3 is 52.7 Å². The van der Waals surface area contributed by atoms with E-state index in [4.69, 9.17) is 50.7 Å². The number of nitrogens with two attached hydrogens (primary N) is 4. The molecule has 2 aromatic carbocycles. The number of oxime groups is 2. The van der Waals surface area contributed by atoms with Crippen LogP contribution in [0.5, 0.6) is 11.5 Å². The van der Waals surface area contributed by atoms with E-state index in [1.54, 1.807) is 36.7 Å². The van der Waals surface area contributed by atoms with Gasteiger partial charge in [-0.15, -0.1) is 31.2 Å². The molecule has 0 unspecified atom stereocenters. The number of β-lactam (4-membered cyclic amide) rings is 2. The molecule has 6 aromatic rings. The summed E-state index contributed by atoms with van der Waals surface area (Å²) < 4.78 is 52.0. The Morgan fingerprint density at radius 3 is 1.37 bits per heavy atom. The van der Waals surface area contributed by atoms with Gasteiger partial charge in [-0.25, -0.2) is 9.97 Å². The van der Waals surface area contributed by atoms with E-state index >= 15 is 0 Å². The van der Waals surface area contributed by atoms with Crippen LogP contribution in [0.25, 0.3) is 22.3 Å². The van der Waals surface area contributed by atoms with E-state index in [0.717, 1.165) is 70.9 Å². The van der Waals surface area contributed by atoms with E-state index < -0.39 is 57.2 Å². The summed E-state index contributed by atoms with van der Waals surface area (Å²) in [6.07, 6.45) is 9.05. The highest BCUT2D eigenvalue weighted by atomic mass is 32.3. The van der Waals surface area contributed by atoms with Gasteiger partial charge in [-0.3, -0.25) is 28.5 Å². The molecule has 10 N–H and O–H groups in total. The van der Waals surface area contributed by atoms with E-state index in [-0.39, 0.29) is 59.5 Å². The number of benzene rings is 2. The zero-order valence-electron chi connectivity index (χ0n) is 43.2. The van der Waals surface area contributed by atoms with Gasteiger partial charge in [0.25, 0.3) is 23.6 Å². The van der Waals surface area contributed by atoms with Crippen LogP contribution < -0.4 is 43.0 Å². The molecule has 2 saturated heterocycles. The number of nitrogen functional groups attached to an aromatic ring is 2. The van der Waals surface area contributed by atoms with Crippen molar-refractivity contribution in [3.05, 3.63) is 95.5 Å². The van der Waals surface area contributed by atoms with E-state index in [2.05, 4.69) is 41.1 Å². The molecule has 2 aliphatic heterocycles. The highest BCUT2D eigenvalue weighted by Gasteiger charge is 2.61. The lowest BCUT2D eigenvalue weighted by Gasteiger charge is -2.52. The molecule has 6 heterocycles. The molecule has 0 radical (unpaired) electrons. The number of carbonyl (C=O) groups excluding carboxylic acids is 4. The Balaban J connectivity index is 0.811. The van der Waals surface area contributed by atoms with Crippen molar-refractivity contribution in [1.29, 1.82) is 0 Å². The van der Waals surface area contributed by atoms with Crippen molar-refractivity contribution in [3.63, 3.8) is 0 Å². The molecule has 0 aliphatic carbocycles. The first-order chi connectivity index (χ1) is 37.8. The molecule has 31 heteroatoms. The fraction of sp³-hybridized carbons (Fsp3) is 0.375. The number of hydroxylamine groups is 4. The number of nitrogens with zero attached hydrogens (tertiary/aromatic N) is 10. The second-order valence-electron chi connectivity index (χ2n) is 18.6. The van der Waals surface area contributed by atoms with Crippen LogP contribution in [0, 0.1) is 0 Å². The molecule has 0 saturated carbocycles. The molecule has 2 atom stereocenters. The Labute approximate surface area is 460 Å². The lowest BCUT2D eigenvalue weighted by Crippen LogP contribution is -2.78. The molecule has 8 rings (SSSR count). The van der Waals surface area contributed by atoms with Crippen LogP contribution >= 0.6 is 22.7 Å². The Bertz CT molecular complexity index is 3090. The zero-order valence-corrected chi connectivity index (χ0v) is 45.7. The molecule has 0 spiro atoms. The van der Waals surface area contributed by atoms with E-state index in [1.165, 1.54) is 38.5 Å². The van der Waals surface area contributed by atoms with Crippen molar-refractivity contribution in [2.45, 2.75) is 76.8 Å². The molecule has 2 fully saturated rings. The van der Waals surface area contributed by atoms with Gasteiger partial charge >= 0.3 is 10.4 Å². The monoisotopic (exact) mass is 1150 g/mol. The third kappa shape index (κ3) is 13.6. The third-order valence-corrected chi connectivity index (χ3v) is 14.2. The topological polar surface area (TPSA) is 379 Å². The summed E-state index contributed by atoms with van der Waals surface area (Å²) in [6, 6.07) is 12.0. The predicted octanol–water partition coefficient (Wildman–Crippen LogP) is 1.81. The Morgan fingerprint density at radius 1 is 0.633 bits per heavy atom. The van der Waals surface area contributed by atoms with Gasteiger partial charge in [0.2, 0.25) is 0 Å². The number of aromatic nitrogens is 6. The maximum absolute atomic E-state index is 13.7. The standard InChI is InChI=1S/C48H58N16O12S3/c1-47(2)39(57-41(65)37(35-27-77-45(51)55-35)59-73-21-19-71-33-11-7-29(8-12-33)31-23-53-61(25-31)17-5-15-49)43(67)63(47)75-79(69,70)76-64-44(68)40(48(64,3)4)58-42(66)38(36-28-78-46(52)56-36)60-74-22-20-72-34-13-9-30(10-14-34)32-24-54-62(26-32)18-6-16-50/h7-14,23-28,39-40H,5-6,15-22,49-50H2,1-4H3,(H2,51,55)(H2,52,56)(H,57,65)(H,58,66)/b59-37-,60-38-/t39-,40-/m1/s1. The van der Waals surface area contributed by atoms with Crippen molar-refractivity contribution >= 4 is 78.4 Å². The number of thiazole rings is 2. The summed E-state index contributed by atoms with van der Waals surface area (Å²) in [5.41, 5.74) is 23.0. The normalized spacial score (nSPS) is 17.0. The Kier molecular flexibility index (Phi) is 17.9. The van der Waals surface area contributed by atoms with E-state index in [0.29, 0.717) is 34.7 Å². The first-order valence-electron chi connectivity index (χ1n) is 24.5. The van der Waals surface area contributed by atoms with Gasteiger partial charge in [-0.1, -0.05) is 34.6 Å². The van der Waals surface area contributed by atoms with Gasteiger partial charge in [0, 0.05) is 47.4 Å². The summed E-state index contributed by atoms with van der Waals surface area (Å²) in [5.74, 6) is -2.72. The van der Waals surface area contributed by atoms with Crippen molar-refractivity contribution in [3.8, 4) is 33.8 Å². The maximum atomic E-state index is 13.7. The number of aryl methyl sites for hydroxylation is 2. The minimum atomic E-state index is -5.22. The van der Waals surface area contributed by atoms with Crippen LogP contribution in [-0.4, -0.2) is 146 Å². The van der Waals surface area contributed by atoms with Crippen LogP contribution in [-0.2, 0) is 60.9 Å². The van der Waals surface area contributed by atoms with Gasteiger partial charge in [-0.05, 0) is 89.0 Å².